The van der Waals surface area contributed by atoms with E-state index in [2.05, 4.69) is 13.2 Å². The van der Waals surface area contributed by atoms with Crippen LogP contribution in [0, 0.1) is 27.7 Å². The fourth-order valence-electron chi connectivity index (χ4n) is 5.73. The van der Waals surface area contributed by atoms with Crippen molar-refractivity contribution in [3.63, 3.8) is 0 Å². The molecule has 2 aliphatic rings. The van der Waals surface area contributed by atoms with Crippen LogP contribution in [0.3, 0.4) is 0 Å². The molecule has 58 heavy (non-hydrogen) atoms. The molecule has 2 heterocycles. The van der Waals surface area contributed by atoms with E-state index in [0.29, 0.717) is 11.5 Å². The number of carboxylic acids is 2. The molecule has 2 unspecified atom stereocenters. The Morgan fingerprint density at radius 3 is 1.19 bits per heavy atom. The maximum absolute atomic E-state index is 12.6. The van der Waals surface area contributed by atoms with Crippen LogP contribution >= 0.6 is 47.0 Å². The number of ether oxygens (including phenoxy) is 6. The number of aliphatic carboxylic acids is 2. The van der Waals surface area contributed by atoms with E-state index in [0.717, 1.165) is 56.4 Å². The molecule has 2 atom stereocenters. The number of thioether (sulfide) groups is 4. The van der Waals surface area contributed by atoms with E-state index in [1.807, 2.05) is 52.0 Å². The van der Waals surface area contributed by atoms with E-state index in [-0.39, 0.29) is 46.7 Å². The minimum absolute atomic E-state index is 0.183. The molecule has 14 nitrogen and oxygen atoms in total. The molecule has 0 aromatic heterocycles. The van der Waals surface area contributed by atoms with Gasteiger partial charge in [-0.1, -0.05) is 13.2 Å². The molecule has 0 amide bonds. The summed E-state index contributed by atoms with van der Waals surface area (Å²) in [6.45, 7) is 13.5. The van der Waals surface area contributed by atoms with Crippen LogP contribution in [0.4, 0.5) is 0 Å². The summed E-state index contributed by atoms with van der Waals surface area (Å²) >= 11 is 5.88. The lowest BCUT2D eigenvalue weighted by molar-refractivity contribution is -0.157. The van der Waals surface area contributed by atoms with Crippen LogP contribution in [0.25, 0.3) is 11.1 Å². The van der Waals surface area contributed by atoms with E-state index in [1.54, 1.807) is 0 Å². The third kappa shape index (κ3) is 13.9. The second-order valence-corrected chi connectivity index (χ2v) is 18.8. The van der Waals surface area contributed by atoms with E-state index in [1.165, 1.54) is 47.0 Å². The summed E-state index contributed by atoms with van der Waals surface area (Å²) in [5.74, 6) is -0.912. The van der Waals surface area contributed by atoms with Crippen molar-refractivity contribution in [3.05, 3.63) is 70.8 Å². The van der Waals surface area contributed by atoms with Gasteiger partial charge in [0, 0.05) is 34.2 Å². The summed E-state index contributed by atoms with van der Waals surface area (Å²) in [6, 6.07) is 7.71. The van der Waals surface area contributed by atoms with Gasteiger partial charge in [-0.05, 0) is 85.3 Å². The number of aryl methyl sites for hydroxylation is 4. The average Bonchev–Trinajstić information content (AvgIpc) is 3.90. The lowest BCUT2D eigenvalue weighted by Gasteiger charge is -2.22. The molecule has 2 fully saturated rings. The SMILES string of the molecule is C=C(CC(=O)O)C(=O)OC(COC(=O)C1SCCS1)COc1c(C)cc(-c2cc(C)c(OCC(COC(=O)C3SCCS3)OC(=O)C(=C)CC(=O)O)c(C)c2)cc1C. The molecule has 18 heteroatoms. The van der Waals surface area contributed by atoms with Gasteiger partial charge < -0.3 is 38.6 Å². The monoisotopic (exact) mass is 878 g/mol. The van der Waals surface area contributed by atoms with Gasteiger partial charge in [0.25, 0.3) is 0 Å². The van der Waals surface area contributed by atoms with E-state index in [4.69, 9.17) is 38.6 Å². The highest BCUT2D eigenvalue weighted by Gasteiger charge is 2.30. The minimum Gasteiger partial charge on any atom is -0.489 e. The maximum Gasteiger partial charge on any atom is 0.334 e. The van der Waals surface area contributed by atoms with Gasteiger partial charge in [-0.2, -0.15) is 0 Å². The molecule has 314 valence electrons. The van der Waals surface area contributed by atoms with Gasteiger partial charge in [0.05, 0.1) is 12.8 Å². The zero-order valence-corrected chi connectivity index (χ0v) is 35.8. The highest BCUT2D eigenvalue weighted by atomic mass is 32.2. The van der Waals surface area contributed by atoms with Crippen LogP contribution in [0.15, 0.2) is 48.6 Å². The summed E-state index contributed by atoms with van der Waals surface area (Å²) in [5.41, 5.74) is 4.27. The number of hydrogen-bond acceptors (Lipinski definition) is 16. The van der Waals surface area contributed by atoms with Gasteiger partial charge in [-0.25, -0.2) is 19.2 Å². The average molecular weight is 879 g/mol. The molecule has 0 radical (unpaired) electrons. The summed E-state index contributed by atoms with van der Waals surface area (Å²) in [7, 11) is 0. The van der Waals surface area contributed by atoms with E-state index in [9.17, 15) is 28.8 Å². The van der Waals surface area contributed by atoms with Crippen molar-refractivity contribution in [2.24, 2.45) is 0 Å². The third-order valence-electron chi connectivity index (χ3n) is 8.39. The van der Waals surface area contributed by atoms with Crippen molar-refractivity contribution < 1.29 is 67.4 Å². The summed E-state index contributed by atoms with van der Waals surface area (Å²) < 4.78 is 33.4. The first kappa shape index (κ1) is 46.4. The van der Waals surface area contributed by atoms with Crippen molar-refractivity contribution in [1.82, 2.24) is 0 Å². The molecule has 0 bridgehead atoms. The van der Waals surface area contributed by atoms with E-state index >= 15 is 0 Å². The lowest BCUT2D eigenvalue weighted by atomic mass is 9.96. The fraction of sp³-hybridized carbons (Fsp3) is 0.450. The summed E-state index contributed by atoms with van der Waals surface area (Å²) in [5, 5.41) is 18.1. The van der Waals surface area contributed by atoms with E-state index < -0.39 is 60.9 Å². The first-order valence-electron chi connectivity index (χ1n) is 18.0. The number of rotatable bonds is 21. The van der Waals surface area contributed by atoms with Crippen LogP contribution in [-0.2, 0) is 47.7 Å². The topological polar surface area (TPSA) is 198 Å². The number of esters is 4. The van der Waals surface area contributed by atoms with Crippen LogP contribution in [0.1, 0.15) is 35.1 Å². The van der Waals surface area contributed by atoms with Crippen molar-refractivity contribution >= 4 is 82.9 Å². The molecule has 2 N–H and O–H groups in total. The molecular formula is C40H46O14S4. The van der Waals surface area contributed by atoms with Gasteiger partial charge in [-0.3, -0.25) is 9.59 Å². The molecule has 2 saturated heterocycles. The largest absolute Gasteiger partial charge is 0.489 e. The van der Waals surface area contributed by atoms with Crippen molar-refractivity contribution in [2.75, 3.05) is 49.4 Å². The second kappa shape index (κ2) is 22.2. The van der Waals surface area contributed by atoms with Crippen molar-refractivity contribution in [3.8, 4) is 22.6 Å². The predicted molar refractivity (Wildman–Crippen MR) is 224 cm³/mol. The smallest absolute Gasteiger partial charge is 0.334 e. The summed E-state index contributed by atoms with van der Waals surface area (Å²) in [6.07, 6.45) is -3.30. The summed E-state index contributed by atoms with van der Waals surface area (Å²) in [4.78, 5) is 72.7. The first-order chi connectivity index (χ1) is 27.5. The van der Waals surface area contributed by atoms with Gasteiger partial charge in [0.1, 0.15) is 47.1 Å². The quantitative estimate of drug-likeness (QED) is 0.0849. The molecule has 4 rings (SSSR count). The Balaban J connectivity index is 1.45. The molecule has 2 aromatic rings. The maximum atomic E-state index is 12.6. The lowest BCUT2D eigenvalue weighted by Crippen LogP contribution is -2.33. The van der Waals surface area contributed by atoms with Crippen LogP contribution in [0.5, 0.6) is 11.5 Å². The number of carbonyl (C=O) groups is 6. The minimum atomic E-state index is -1.24. The van der Waals surface area contributed by atoms with Crippen LogP contribution in [0.2, 0.25) is 0 Å². The second-order valence-electron chi connectivity index (χ2n) is 13.3. The Bertz CT molecular complexity index is 1720. The fourth-order valence-corrected chi connectivity index (χ4v) is 10.9. The highest BCUT2D eigenvalue weighted by Crippen LogP contribution is 2.36. The van der Waals surface area contributed by atoms with Crippen LogP contribution in [-0.4, -0.2) is 117 Å². The van der Waals surface area contributed by atoms with Gasteiger partial charge in [0.2, 0.25) is 0 Å². The molecular weight excluding hydrogens is 833 g/mol. The van der Waals surface area contributed by atoms with Gasteiger partial charge in [-0.15, -0.1) is 47.0 Å². The zero-order valence-electron chi connectivity index (χ0n) is 32.5. The molecule has 0 spiro atoms. The number of carbonyl (C=O) groups excluding carboxylic acids is 4. The Labute approximate surface area is 353 Å². The van der Waals surface area contributed by atoms with Crippen molar-refractivity contribution in [1.29, 1.82) is 0 Å². The molecule has 0 saturated carbocycles. The molecule has 0 aliphatic carbocycles. The van der Waals surface area contributed by atoms with Gasteiger partial charge >= 0.3 is 35.8 Å². The predicted octanol–water partition coefficient (Wildman–Crippen LogP) is 5.93. The zero-order chi connectivity index (χ0) is 42.5. The first-order valence-corrected chi connectivity index (χ1v) is 22.2. The van der Waals surface area contributed by atoms with Crippen LogP contribution < -0.4 is 9.47 Å². The number of carboxylic acid groups (broad SMARTS) is 2. The molecule has 2 aliphatic heterocycles. The number of hydrogen-bond donors (Lipinski definition) is 2. The number of benzene rings is 2. The molecule has 2 aromatic carbocycles. The Hall–Kier alpha value is -4.26. The van der Waals surface area contributed by atoms with Crippen molar-refractivity contribution in [2.45, 2.75) is 61.9 Å². The third-order valence-corrected chi connectivity index (χ3v) is 14.3. The Morgan fingerprint density at radius 2 is 0.897 bits per heavy atom. The Kier molecular flexibility index (Phi) is 17.8. The normalized spacial score (nSPS) is 15.2. The Morgan fingerprint density at radius 1 is 0.586 bits per heavy atom. The highest BCUT2D eigenvalue weighted by molar-refractivity contribution is 8.21. The van der Waals surface area contributed by atoms with Gasteiger partial charge in [0.15, 0.2) is 12.2 Å². The standard InChI is InChI=1S/C40H46O14S4/c1-21-11-27(12-22(2)33(21)49-17-29(53-35(45)25(5)15-31(41)42)19-51-37(47)39-55-7-8-56-39)28-13-23(3)34(24(4)14-28)50-18-30(54-36(46)26(6)16-32(43)44)20-52-38(48)40-57-9-10-58-40/h11-14,29-30,39-40H,5-10,15-20H2,1-4H3,(H,41,42)(H,43,44).